The molecule has 0 bridgehead atoms. The Morgan fingerprint density at radius 3 is 2.76 bits per heavy atom. The van der Waals surface area contributed by atoms with Gasteiger partial charge in [-0.25, -0.2) is 4.98 Å². The number of amides is 1. The molecule has 7 nitrogen and oxygen atoms in total. The number of rotatable bonds is 3. The topological polar surface area (TPSA) is 86.3 Å². The summed E-state index contributed by atoms with van der Waals surface area (Å²) in [6, 6.07) is 5.71. The van der Waals surface area contributed by atoms with Crippen LogP contribution in [0.1, 0.15) is 29.0 Å². The molecule has 0 radical (unpaired) electrons. The molecule has 0 N–H and O–H groups in total. The second-order valence-electron chi connectivity index (χ2n) is 6.22. The third-order valence-corrected chi connectivity index (χ3v) is 4.56. The molecule has 2 aromatic rings. The lowest BCUT2D eigenvalue weighted by Gasteiger charge is -2.23. The van der Waals surface area contributed by atoms with Crippen LogP contribution in [0.5, 0.6) is 0 Å². The van der Waals surface area contributed by atoms with Crippen LogP contribution in [0.3, 0.4) is 0 Å². The number of nitriles is 1. The lowest BCUT2D eigenvalue weighted by Crippen LogP contribution is -2.36. The van der Waals surface area contributed by atoms with E-state index in [0.29, 0.717) is 24.3 Å². The zero-order chi connectivity index (χ0) is 17.8. The minimum absolute atomic E-state index is 0.101. The van der Waals surface area contributed by atoms with E-state index in [1.807, 2.05) is 24.8 Å². The number of carbonyl (C=O) groups is 1. The number of aromatic nitrogens is 2. The monoisotopic (exact) mass is 339 g/mol. The van der Waals surface area contributed by atoms with Gasteiger partial charge in [-0.05, 0) is 32.4 Å². The van der Waals surface area contributed by atoms with Crippen molar-refractivity contribution in [1.29, 1.82) is 5.26 Å². The fourth-order valence-corrected chi connectivity index (χ4v) is 3.05. The van der Waals surface area contributed by atoms with Gasteiger partial charge in [0.1, 0.15) is 17.6 Å². The average molecular weight is 339 g/mol. The summed E-state index contributed by atoms with van der Waals surface area (Å²) < 4.78 is 5.14. The van der Waals surface area contributed by atoms with Gasteiger partial charge in [-0.2, -0.15) is 5.26 Å². The van der Waals surface area contributed by atoms with Gasteiger partial charge in [-0.15, -0.1) is 0 Å². The molecule has 2 aromatic heterocycles. The van der Waals surface area contributed by atoms with Gasteiger partial charge in [-0.3, -0.25) is 4.79 Å². The van der Waals surface area contributed by atoms with Crippen LogP contribution < -0.4 is 4.90 Å². The highest BCUT2D eigenvalue weighted by Crippen LogP contribution is 2.17. The Kier molecular flexibility index (Phi) is 4.98. The quantitative estimate of drug-likeness (QED) is 0.848. The van der Waals surface area contributed by atoms with Gasteiger partial charge in [0.25, 0.3) is 0 Å². The molecule has 1 amide bonds. The van der Waals surface area contributed by atoms with Gasteiger partial charge < -0.3 is 14.3 Å². The molecular weight excluding hydrogens is 318 g/mol. The Morgan fingerprint density at radius 1 is 1.28 bits per heavy atom. The van der Waals surface area contributed by atoms with E-state index in [-0.39, 0.29) is 5.91 Å². The van der Waals surface area contributed by atoms with E-state index >= 15 is 0 Å². The Bertz CT molecular complexity index is 771. The number of nitrogens with zero attached hydrogens (tertiary/aromatic N) is 5. The Hall–Kier alpha value is -2.88. The van der Waals surface area contributed by atoms with Crippen molar-refractivity contribution in [3.05, 3.63) is 40.9 Å². The molecule has 0 aromatic carbocycles. The van der Waals surface area contributed by atoms with E-state index in [1.165, 1.54) is 0 Å². The molecule has 130 valence electrons. The second kappa shape index (κ2) is 7.34. The minimum atomic E-state index is 0.101. The van der Waals surface area contributed by atoms with Crippen molar-refractivity contribution in [2.75, 3.05) is 31.1 Å². The first-order valence-corrected chi connectivity index (χ1v) is 8.39. The molecule has 3 heterocycles. The van der Waals surface area contributed by atoms with Crippen molar-refractivity contribution in [3.63, 3.8) is 0 Å². The van der Waals surface area contributed by atoms with Crippen LogP contribution in [0.25, 0.3) is 0 Å². The lowest BCUT2D eigenvalue weighted by atomic mass is 10.1. The average Bonchev–Trinajstić information content (AvgIpc) is 2.84. The summed E-state index contributed by atoms with van der Waals surface area (Å²) in [4.78, 5) is 21.0. The molecule has 7 heteroatoms. The second-order valence-corrected chi connectivity index (χ2v) is 6.22. The lowest BCUT2D eigenvalue weighted by molar-refractivity contribution is -0.130. The van der Waals surface area contributed by atoms with Crippen LogP contribution in [-0.4, -0.2) is 47.1 Å². The van der Waals surface area contributed by atoms with Gasteiger partial charge in [0.05, 0.1) is 17.7 Å². The van der Waals surface area contributed by atoms with Gasteiger partial charge >= 0.3 is 0 Å². The molecule has 1 aliphatic heterocycles. The highest BCUT2D eigenvalue weighted by atomic mass is 16.5. The predicted octanol–water partition coefficient (Wildman–Crippen LogP) is 1.84. The number of hydrogen-bond donors (Lipinski definition) is 0. The van der Waals surface area contributed by atoms with E-state index in [9.17, 15) is 4.79 Å². The third kappa shape index (κ3) is 3.79. The van der Waals surface area contributed by atoms with Crippen molar-refractivity contribution in [2.45, 2.75) is 26.7 Å². The highest BCUT2D eigenvalue weighted by Gasteiger charge is 2.22. The maximum Gasteiger partial charge on any atom is 0.227 e. The van der Waals surface area contributed by atoms with Crippen molar-refractivity contribution >= 4 is 11.7 Å². The molecule has 0 aliphatic carbocycles. The highest BCUT2D eigenvalue weighted by molar-refractivity contribution is 5.79. The van der Waals surface area contributed by atoms with Gasteiger partial charge in [-0.1, -0.05) is 5.16 Å². The van der Waals surface area contributed by atoms with Crippen molar-refractivity contribution < 1.29 is 9.32 Å². The molecule has 1 fully saturated rings. The summed E-state index contributed by atoms with van der Waals surface area (Å²) in [5, 5.41) is 12.8. The van der Waals surface area contributed by atoms with Gasteiger partial charge in [0.15, 0.2) is 0 Å². The molecule has 0 atom stereocenters. The van der Waals surface area contributed by atoms with E-state index < -0.39 is 0 Å². The van der Waals surface area contributed by atoms with E-state index in [2.05, 4.69) is 21.1 Å². The molecule has 3 rings (SSSR count). The van der Waals surface area contributed by atoms with Crippen molar-refractivity contribution in [1.82, 2.24) is 15.0 Å². The van der Waals surface area contributed by atoms with Crippen LogP contribution >= 0.6 is 0 Å². The Labute approximate surface area is 146 Å². The normalized spacial score (nSPS) is 14.9. The van der Waals surface area contributed by atoms with Gasteiger partial charge in [0, 0.05) is 37.9 Å². The first kappa shape index (κ1) is 17.0. The summed E-state index contributed by atoms with van der Waals surface area (Å²) in [6.45, 7) is 6.66. The van der Waals surface area contributed by atoms with Crippen molar-refractivity contribution in [3.8, 4) is 6.07 Å². The Balaban J connectivity index is 1.63. The molecule has 0 unspecified atom stereocenters. The van der Waals surface area contributed by atoms with E-state index in [4.69, 9.17) is 9.78 Å². The number of pyridine rings is 1. The van der Waals surface area contributed by atoms with Crippen LogP contribution in [0.2, 0.25) is 0 Å². The fraction of sp³-hybridized carbons (Fsp3) is 0.444. The maximum atomic E-state index is 12.6. The van der Waals surface area contributed by atoms with Gasteiger partial charge in [0.2, 0.25) is 5.91 Å². The summed E-state index contributed by atoms with van der Waals surface area (Å²) in [7, 11) is 0. The first-order chi connectivity index (χ1) is 12.1. The summed E-state index contributed by atoms with van der Waals surface area (Å²) >= 11 is 0. The van der Waals surface area contributed by atoms with Crippen LogP contribution in [-0.2, 0) is 11.2 Å². The molecular formula is C18H21N5O2. The van der Waals surface area contributed by atoms with E-state index in [0.717, 1.165) is 43.1 Å². The first-order valence-electron chi connectivity index (χ1n) is 8.39. The zero-order valence-electron chi connectivity index (χ0n) is 14.5. The SMILES string of the molecule is Cc1noc(C)c1CC(=O)N1CCCN(c2ccc(C#N)cn2)CC1. The molecule has 0 saturated carbocycles. The zero-order valence-corrected chi connectivity index (χ0v) is 14.5. The van der Waals surface area contributed by atoms with Crippen LogP contribution in [0, 0.1) is 25.2 Å². The fourth-order valence-electron chi connectivity index (χ4n) is 3.05. The Morgan fingerprint density at radius 2 is 2.12 bits per heavy atom. The van der Waals surface area contributed by atoms with E-state index in [1.54, 1.807) is 12.3 Å². The summed E-state index contributed by atoms with van der Waals surface area (Å²) in [6.07, 6.45) is 2.80. The molecule has 1 saturated heterocycles. The molecule has 25 heavy (non-hydrogen) atoms. The number of carbonyl (C=O) groups excluding carboxylic acids is 1. The summed E-state index contributed by atoms with van der Waals surface area (Å²) in [5.41, 5.74) is 2.22. The predicted molar refractivity (Wildman–Crippen MR) is 92.0 cm³/mol. The van der Waals surface area contributed by atoms with Crippen LogP contribution in [0.15, 0.2) is 22.9 Å². The minimum Gasteiger partial charge on any atom is -0.361 e. The summed E-state index contributed by atoms with van der Waals surface area (Å²) in [5.74, 6) is 1.66. The van der Waals surface area contributed by atoms with Crippen LogP contribution in [0.4, 0.5) is 5.82 Å². The maximum absolute atomic E-state index is 12.6. The standard InChI is InChI=1S/C18H21N5O2/c1-13-16(14(2)25-21-13)10-18(24)23-7-3-6-22(8-9-23)17-5-4-15(11-19)12-20-17/h4-5,12H,3,6-10H2,1-2H3. The molecule has 0 spiro atoms. The van der Waals surface area contributed by atoms with Crippen molar-refractivity contribution in [2.24, 2.45) is 0 Å². The molecule has 1 aliphatic rings. The number of hydrogen-bond acceptors (Lipinski definition) is 6. The smallest absolute Gasteiger partial charge is 0.227 e. The number of anilines is 1. The number of aryl methyl sites for hydroxylation is 2. The largest absolute Gasteiger partial charge is 0.361 e. The third-order valence-electron chi connectivity index (χ3n) is 4.56.